The van der Waals surface area contributed by atoms with Crippen molar-refractivity contribution in [3.05, 3.63) is 34.9 Å². The first-order valence-corrected chi connectivity index (χ1v) is 5.40. The Labute approximate surface area is 104 Å². The minimum Gasteiger partial charge on any atom is -0.480 e. The van der Waals surface area contributed by atoms with Gasteiger partial charge in [0.05, 0.1) is 6.54 Å². The molecule has 0 aromatic heterocycles. The fraction of sp³-hybridized carbons (Fsp3) is 0.273. The Morgan fingerprint density at radius 2 is 1.94 bits per heavy atom. The molecular formula is C11H13ClN2O3. The number of rotatable bonds is 6. The molecule has 0 heterocycles. The van der Waals surface area contributed by atoms with Crippen molar-refractivity contribution in [2.75, 3.05) is 13.1 Å². The van der Waals surface area contributed by atoms with Crippen LogP contribution in [0, 0.1) is 0 Å². The van der Waals surface area contributed by atoms with Crippen LogP contribution < -0.4 is 10.6 Å². The van der Waals surface area contributed by atoms with E-state index in [1.165, 1.54) is 0 Å². The maximum absolute atomic E-state index is 11.2. The number of carbonyl (C=O) groups excluding carboxylic acids is 1. The summed E-state index contributed by atoms with van der Waals surface area (Å²) in [6.07, 6.45) is 0. The number of benzene rings is 1. The van der Waals surface area contributed by atoms with Gasteiger partial charge in [-0.15, -0.1) is 0 Å². The quantitative estimate of drug-likeness (QED) is 0.698. The highest BCUT2D eigenvalue weighted by Crippen LogP contribution is 2.13. The van der Waals surface area contributed by atoms with Gasteiger partial charge in [-0.05, 0) is 11.6 Å². The van der Waals surface area contributed by atoms with Crippen molar-refractivity contribution in [2.45, 2.75) is 6.54 Å². The molecule has 0 unspecified atom stereocenters. The van der Waals surface area contributed by atoms with Crippen molar-refractivity contribution in [3.63, 3.8) is 0 Å². The van der Waals surface area contributed by atoms with Gasteiger partial charge in [0.25, 0.3) is 0 Å². The van der Waals surface area contributed by atoms with Crippen molar-refractivity contribution in [3.8, 4) is 0 Å². The molecule has 6 heteroatoms. The molecule has 0 fully saturated rings. The van der Waals surface area contributed by atoms with Crippen LogP contribution in [0.5, 0.6) is 0 Å². The van der Waals surface area contributed by atoms with Gasteiger partial charge in [-0.25, -0.2) is 0 Å². The van der Waals surface area contributed by atoms with Crippen molar-refractivity contribution in [2.24, 2.45) is 0 Å². The van der Waals surface area contributed by atoms with Crippen molar-refractivity contribution in [1.29, 1.82) is 0 Å². The molecule has 0 aliphatic carbocycles. The highest BCUT2D eigenvalue weighted by molar-refractivity contribution is 6.31. The third-order valence-corrected chi connectivity index (χ3v) is 2.36. The molecule has 0 aliphatic rings. The summed E-state index contributed by atoms with van der Waals surface area (Å²) in [5.74, 6) is -1.43. The summed E-state index contributed by atoms with van der Waals surface area (Å²) in [5, 5.41) is 14.1. The predicted molar refractivity (Wildman–Crippen MR) is 63.8 cm³/mol. The first-order valence-electron chi connectivity index (χ1n) is 5.02. The third-order valence-electron chi connectivity index (χ3n) is 2.00. The van der Waals surface area contributed by atoms with Gasteiger partial charge < -0.3 is 15.7 Å². The first-order chi connectivity index (χ1) is 8.09. The summed E-state index contributed by atoms with van der Waals surface area (Å²) in [5.41, 5.74) is 0.889. The maximum Gasteiger partial charge on any atom is 0.322 e. The number of hydrogen-bond donors (Lipinski definition) is 3. The Kier molecular flexibility index (Phi) is 5.45. The molecule has 17 heavy (non-hydrogen) atoms. The molecule has 0 saturated carbocycles. The van der Waals surface area contributed by atoms with E-state index in [2.05, 4.69) is 10.6 Å². The number of aliphatic carboxylic acids is 1. The molecule has 92 valence electrons. The van der Waals surface area contributed by atoms with Crippen LogP contribution in [-0.4, -0.2) is 30.1 Å². The molecule has 0 saturated heterocycles. The lowest BCUT2D eigenvalue weighted by Gasteiger charge is -2.06. The van der Waals surface area contributed by atoms with Gasteiger partial charge in [0.1, 0.15) is 6.54 Å². The molecule has 0 spiro atoms. The Balaban J connectivity index is 2.26. The van der Waals surface area contributed by atoms with E-state index in [9.17, 15) is 9.59 Å². The number of carboxylic acid groups (broad SMARTS) is 1. The average molecular weight is 257 g/mol. The molecular weight excluding hydrogens is 244 g/mol. The summed E-state index contributed by atoms with van der Waals surface area (Å²) in [7, 11) is 0. The van der Waals surface area contributed by atoms with E-state index in [-0.39, 0.29) is 19.0 Å². The van der Waals surface area contributed by atoms with Crippen LogP contribution in [0.1, 0.15) is 5.56 Å². The van der Waals surface area contributed by atoms with Crippen LogP contribution in [0.25, 0.3) is 0 Å². The predicted octanol–water partition coefficient (Wildman–Crippen LogP) is 0.630. The fourth-order valence-electron chi connectivity index (χ4n) is 1.19. The SMILES string of the molecule is O=C(O)CNC(=O)CNCc1ccccc1Cl. The lowest BCUT2D eigenvalue weighted by Crippen LogP contribution is -2.36. The molecule has 1 aromatic rings. The highest BCUT2D eigenvalue weighted by atomic mass is 35.5. The largest absolute Gasteiger partial charge is 0.480 e. The van der Waals surface area contributed by atoms with E-state index in [4.69, 9.17) is 16.7 Å². The van der Waals surface area contributed by atoms with Crippen LogP contribution in [-0.2, 0) is 16.1 Å². The zero-order chi connectivity index (χ0) is 12.7. The lowest BCUT2D eigenvalue weighted by molar-refractivity contribution is -0.137. The molecule has 1 amide bonds. The topological polar surface area (TPSA) is 78.4 Å². The normalized spacial score (nSPS) is 9.94. The zero-order valence-electron chi connectivity index (χ0n) is 9.07. The van der Waals surface area contributed by atoms with Crippen molar-refractivity contribution >= 4 is 23.5 Å². The van der Waals surface area contributed by atoms with Crippen LogP contribution in [0.4, 0.5) is 0 Å². The number of amides is 1. The van der Waals surface area contributed by atoms with E-state index in [0.717, 1.165) is 5.56 Å². The van der Waals surface area contributed by atoms with E-state index in [1.807, 2.05) is 18.2 Å². The van der Waals surface area contributed by atoms with Crippen LogP contribution in [0.2, 0.25) is 5.02 Å². The monoisotopic (exact) mass is 256 g/mol. The second-order valence-electron chi connectivity index (χ2n) is 3.37. The molecule has 5 nitrogen and oxygen atoms in total. The Morgan fingerprint density at radius 1 is 1.24 bits per heavy atom. The van der Waals surface area contributed by atoms with Gasteiger partial charge >= 0.3 is 5.97 Å². The van der Waals surface area contributed by atoms with Gasteiger partial charge in [-0.3, -0.25) is 9.59 Å². The summed E-state index contributed by atoms with van der Waals surface area (Å²) >= 11 is 5.92. The van der Waals surface area contributed by atoms with Gasteiger partial charge in [0.2, 0.25) is 5.91 Å². The summed E-state index contributed by atoms with van der Waals surface area (Å²) in [4.78, 5) is 21.3. The number of halogens is 1. The molecule has 1 rings (SSSR count). The average Bonchev–Trinajstić information content (AvgIpc) is 2.29. The first kappa shape index (κ1) is 13.5. The van der Waals surface area contributed by atoms with Gasteiger partial charge in [0, 0.05) is 11.6 Å². The Morgan fingerprint density at radius 3 is 2.59 bits per heavy atom. The van der Waals surface area contributed by atoms with E-state index in [1.54, 1.807) is 6.07 Å². The molecule has 0 radical (unpaired) electrons. The third kappa shape index (κ3) is 5.33. The van der Waals surface area contributed by atoms with E-state index < -0.39 is 5.97 Å². The molecule has 0 bridgehead atoms. The number of carbonyl (C=O) groups is 2. The van der Waals surface area contributed by atoms with E-state index in [0.29, 0.717) is 11.6 Å². The van der Waals surface area contributed by atoms with Gasteiger partial charge in [-0.1, -0.05) is 29.8 Å². The molecule has 3 N–H and O–H groups in total. The maximum atomic E-state index is 11.2. The highest BCUT2D eigenvalue weighted by Gasteiger charge is 2.04. The lowest BCUT2D eigenvalue weighted by atomic mass is 10.2. The Bertz CT molecular complexity index is 409. The van der Waals surface area contributed by atoms with Crippen LogP contribution >= 0.6 is 11.6 Å². The van der Waals surface area contributed by atoms with Crippen LogP contribution in [0.3, 0.4) is 0 Å². The molecule has 1 aromatic carbocycles. The summed E-state index contributed by atoms with van der Waals surface area (Å²) in [6, 6.07) is 7.30. The van der Waals surface area contributed by atoms with Crippen LogP contribution in [0.15, 0.2) is 24.3 Å². The van der Waals surface area contributed by atoms with Gasteiger partial charge in [0.15, 0.2) is 0 Å². The molecule has 0 atom stereocenters. The second kappa shape index (κ2) is 6.88. The number of hydrogen-bond acceptors (Lipinski definition) is 3. The Hall–Kier alpha value is -1.59. The summed E-state index contributed by atoms with van der Waals surface area (Å²) < 4.78 is 0. The zero-order valence-corrected chi connectivity index (χ0v) is 9.83. The smallest absolute Gasteiger partial charge is 0.322 e. The fourth-order valence-corrected chi connectivity index (χ4v) is 1.39. The number of nitrogens with one attached hydrogen (secondary N) is 2. The second-order valence-corrected chi connectivity index (χ2v) is 3.77. The molecule has 0 aliphatic heterocycles. The minimum atomic E-state index is -1.07. The standard InChI is InChI=1S/C11H13ClN2O3/c12-9-4-2-1-3-8(9)5-13-6-10(15)14-7-11(16)17/h1-4,13H,5-7H2,(H,14,15)(H,16,17). The summed E-state index contributed by atoms with van der Waals surface area (Å²) in [6.45, 7) is 0.144. The van der Waals surface area contributed by atoms with Crippen molar-refractivity contribution < 1.29 is 14.7 Å². The van der Waals surface area contributed by atoms with Gasteiger partial charge in [-0.2, -0.15) is 0 Å². The number of carboxylic acids is 1. The van der Waals surface area contributed by atoms with E-state index >= 15 is 0 Å². The van der Waals surface area contributed by atoms with Crippen molar-refractivity contribution in [1.82, 2.24) is 10.6 Å². The minimum absolute atomic E-state index is 0.0541.